The molecule has 0 aliphatic carbocycles. The zero-order valence-electron chi connectivity index (χ0n) is 19.2. The zero-order valence-corrected chi connectivity index (χ0v) is 19.2. The number of benzene rings is 1. The number of rotatable bonds is 8. The number of hydrogen-bond acceptors (Lipinski definition) is 8. The first-order valence-electron chi connectivity index (χ1n) is 10.9. The maximum Gasteiger partial charge on any atom is 0.239 e. The number of aliphatic hydroxyl groups is 4. The second-order valence-corrected chi connectivity index (χ2v) is 8.71. The number of aromatic nitrogens is 2. The molecule has 32 heavy (non-hydrogen) atoms. The standard InChI is InChI=1S/C23H34N2O7/c1-12(2)25-14(5)17(10-15-6-8-16(9-7-15)30-13(3)4)22(24-25)32-23-21(29)20(28)19(27)18(11-26)31-23/h6-9,12-13,18-21,23,26-29H,10-11H2,1-5H3/t18-,19-,20+,21-,23+/m0/s1. The van der Waals surface area contributed by atoms with Gasteiger partial charge in [0.2, 0.25) is 12.2 Å². The van der Waals surface area contributed by atoms with Crippen molar-refractivity contribution in [3.8, 4) is 11.6 Å². The minimum absolute atomic E-state index is 0.0720. The van der Waals surface area contributed by atoms with Crippen molar-refractivity contribution in [2.24, 2.45) is 0 Å². The van der Waals surface area contributed by atoms with E-state index in [9.17, 15) is 20.4 Å². The van der Waals surface area contributed by atoms with Crippen molar-refractivity contribution in [3.63, 3.8) is 0 Å². The van der Waals surface area contributed by atoms with Crippen molar-refractivity contribution >= 4 is 0 Å². The molecular formula is C23H34N2O7. The largest absolute Gasteiger partial charge is 0.491 e. The smallest absolute Gasteiger partial charge is 0.239 e. The van der Waals surface area contributed by atoms with Crippen LogP contribution < -0.4 is 9.47 Å². The van der Waals surface area contributed by atoms with Gasteiger partial charge in [-0.3, -0.25) is 4.68 Å². The summed E-state index contributed by atoms with van der Waals surface area (Å²) in [5.41, 5.74) is 2.74. The minimum Gasteiger partial charge on any atom is -0.491 e. The van der Waals surface area contributed by atoms with Crippen LogP contribution in [0.1, 0.15) is 50.6 Å². The summed E-state index contributed by atoms with van der Waals surface area (Å²) >= 11 is 0. The van der Waals surface area contributed by atoms with Gasteiger partial charge in [0.1, 0.15) is 30.2 Å². The molecule has 1 aliphatic rings. The molecular weight excluding hydrogens is 416 g/mol. The maximum absolute atomic E-state index is 10.4. The van der Waals surface area contributed by atoms with Gasteiger partial charge in [-0.2, -0.15) is 0 Å². The highest BCUT2D eigenvalue weighted by Gasteiger charge is 2.45. The first kappa shape index (κ1) is 24.5. The van der Waals surface area contributed by atoms with Crippen LogP contribution in [0.3, 0.4) is 0 Å². The van der Waals surface area contributed by atoms with Gasteiger partial charge in [-0.25, -0.2) is 0 Å². The van der Waals surface area contributed by atoms with Gasteiger partial charge in [-0.1, -0.05) is 12.1 Å². The molecule has 5 atom stereocenters. The molecule has 9 heteroatoms. The molecule has 1 aliphatic heterocycles. The summed E-state index contributed by atoms with van der Waals surface area (Å²) in [5.74, 6) is 1.05. The Labute approximate surface area is 188 Å². The lowest BCUT2D eigenvalue weighted by molar-refractivity contribution is -0.278. The predicted molar refractivity (Wildman–Crippen MR) is 117 cm³/mol. The zero-order chi connectivity index (χ0) is 23.6. The van der Waals surface area contributed by atoms with Crippen molar-refractivity contribution in [2.45, 2.75) is 83.9 Å². The Morgan fingerprint density at radius 2 is 1.69 bits per heavy atom. The Bertz CT molecular complexity index is 879. The summed E-state index contributed by atoms with van der Waals surface area (Å²) in [6, 6.07) is 7.84. The second kappa shape index (κ2) is 10.2. The lowest BCUT2D eigenvalue weighted by Crippen LogP contribution is -2.60. The van der Waals surface area contributed by atoms with Crippen molar-refractivity contribution < 1.29 is 34.6 Å². The Kier molecular flexibility index (Phi) is 7.79. The van der Waals surface area contributed by atoms with E-state index in [1.807, 2.05) is 63.6 Å². The first-order valence-corrected chi connectivity index (χ1v) is 10.9. The van der Waals surface area contributed by atoms with Crippen LogP contribution in [0.2, 0.25) is 0 Å². The maximum atomic E-state index is 10.4. The number of ether oxygens (including phenoxy) is 3. The Hall–Kier alpha value is -2.17. The molecule has 0 radical (unpaired) electrons. The Balaban J connectivity index is 1.87. The van der Waals surface area contributed by atoms with Gasteiger partial charge in [0.05, 0.1) is 12.7 Å². The van der Waals surface area contributed by atoms with E-state index in [0.29, 0.717) is 6.42 Å². The molecule has 0 spiro atoms. The predicted octanol–water partition coefficient (Wildman–Crippen LogP) is 1.33. The Morgan fingerprint density at radius 3 is 2.25 bits per heavy atom. The third kappa shape index (κ3) is 5.24. The van der Waals surface area contributed by atoms with E-state index in [1.54, 1.807) is 0 Å². The summed E-state index contributed by atoms with van der Waals surface area (Å²) in [6.45, 7) is 9.36. The van der Waals surface area contributed by atoms with Crippen molar-refractivity contribution in [1.29, 1.82) is 0 Å². The molecule has 178 valence electrons. The van der Waals surface area contributed by atoms with Gasteiger partial charge in [0.25, 0.3) is 0 Å². The number of aliphatic hydroxyl groups excluding tert-OH is 4. The fraction of sp³-hybridized carbons (Fsp3) is 0.609. The van der Waals surface area contributed by atoms with Crippen molar-refractivity contribution in [3.05, 3.63) is 41.1 Å². The van der Waals surface area contributed by atoms with Crippen molar-refractivity contribution in [2.75, 3.05) is 6.61 Å². The summed E-state index contributed by atoms with van der Waals surface area (Å²) in [7, 11) is 0. The molecule has 1 fully saturated rings. The van der Waals surface area contributed by atoms with Gasteiger partial charge >= 0.3 is 0 Å². The third-order valence-corrected chi connectivity index (χ3v) is 5.48. The van der Waals surface area contributed by atoms with E-state index in [-0.39, 0.29) is 18.0 Å². The molecule has 4 N–H and O–H groups in total. The first-order chi connectivity index (χ1) is 15.1. The van der Waals surface area contributed by atoms with Crippen LogP contribution in [-0.4, -0.2) is 73.6 Å². The van der Waals surface area contributed by atoms with E-state index in [4.69, 9.17) is 14.2 Å². The van der Waals surface area contributed by atoms with Crippen LogP contribution in [-0.2, 0) is 11.2 Å². The lowest BCUT2D eigenvalue weighted by Gasteiger charge is -2.39. The normalized spacial score (nSPS) is 26.0. The van der Waals surface area contributed by atoms with Crippen LogP contribution in [0.25, 0.3) is 0 Å². The molecule has 3 rings (SSSR count). The highest BCUT2D eigenvalue weighted by molar-refractivity contribution is 5.38. The molecule has 2 heterocycles. The van der Waals surface area contributed by atoms with Crippen LogP contribution in [0, 0.1) is 6.92 Å². The molecule has 0 unspecified atom stereocenters. The SMILES string of the molecule is Cc1c(Cc2ccc(OC(C)C)cc2)c(O[C@H]2O[C@@H](CO)[C@H](O)[C@@H](O)[C@@H]2O)nn1C(C)C. The molecule has 1 aromatic heterocycles. The van der Waals surface area contributed by atoms with Gasteiger partial charge in [0.15, 0.2) is 0 Å². The van der Waals surface area contributed by atoms with E-state index >= 15 is 0 Å². The van der Waals surface area contributed by atoms with Crippen LogP contribution in [0.4, 0.5) is 0 Å². The number of hydrogen-bond donors (Lipinski definition) is 4. The summed E-state index contributed by atoms with van der Waals surface area (Å²) in [6.07, 6.45) is -6.20. The molecule has 0 bridgehead atoms. The van der Waals surface area contributed by atoms with Crippen LogP contribution in [0.5, 0.6) is 11.6 Å². The van der Waals surface area contributed by atoms with Gasteiger partial charge in [0, 0.05) is 23.7 Å². The van der Waals surface area contributed by atoms with E-state index < -0.39 is 37.3 Å². The van der Waals surface area contributed by atoms with Crippen LogP contribution in [0.15, 0.2) is 24.3 Å². The molecule has 1 aromatic carbocycles. The third-order valence-electron chi connectivity index (χ3n) is 5.48. The Morgan fingerprint density at radius 1 is 1.03 bits per heavy atom. The molecule has 1 saturated heterocycles. The van der Waals surface area contributed by atoms with Gasteiger partial charge < -0.3 is 34.6 Å². The van der Waals surface area contributed by atoms with Crippen LogP contribution >= 0.6 is 0 Å². The minimum atomic E-state index is -1.52. The molecule has 2 aromatic rings. The van der Waals surface area contributed by atoms with E-state index in [2.05, 4.69) is 5.10 Å². The van der Waals surface area contributed by atoms with Gasteiger partial charge in [-0.05, 0) is 52.3 Å². The van der Waals surface area contributed by atoms with Crippen molar-refractivity contribution in [1.82, 2.24) is 9.78 Å². The average molecular weight is 451 g/mol. The van der Waals surface area contributed by atoms with Gasteiger partial charge in [-0.15, -0.1) is 5.10 Å². The molecule has 0 amide bonds. The molecule has 0 saturated carbocycles. The topological polar surface area (TPSA) is 126 Å². The highest BCUT2D eigenvalue weighted by Crippen LogP contribution is 2.31. The molecule has 9 nitrogen and oxygen atoms in total. The number of nitrogens with zero attached hydrogens (tertiary/aromatic N) is 2. The average Bonchev–Trinajstić information content (AvgIpc) is 3.05. The fourth-order valence-electron chi connectivity index (χ4n) is 3.76. The van der Waals surface area contributed by atoms with E-state index in [1.165, 1.54) is 0 Å². The summed E-state index contributed by atoms with van der Waals surface area (Å²) in [4.78, 5) is 0. The second-order valence-electron chi connectivity index (χ2n) is 8.71. The lowest BCUT2D eigenvalue weighted by atomic mass is 9.99. The monoisotopic (exact) mass is 450 g/mol. The summed E-state index contributed by atoms with van der Waals surface area (Å²) in [5, 5.41) is 44.4. The van der Waals surface area contributed by atoms with E-state index in [0.717, 1.165) is 22.6 Å². The highest BCUT2D eigenvalue weighted by atomic mass is 16.7. The quantitative estimate of drug-likeness (QED) is 0.475. The summed E-state index contributed by atoms with van der Waals surface area (Å²) < 4.78 is 18.9. The fourth-order valence-corrected chi connectivity index (χ4v) is 3.76.